The lowest BCUT2D eigenvalue weighted by Crippen LogP contribution is -2.52. The van der Waals surface area contributed by atoms with Crippen molar-refractivity contribution in [1.29, 1.82) is 0 Å². The van der Waals surface area contributed by atoms with Crippen molar-refractivity contribution in [3.8, 4) is 11.3 Å². The summed E-state index contributed by atoms with van der Waals surface area (Å²) in [5, 5.41) is 18.2. The van der Waals surface area contributed by atoms with Gasteiger partial charge in [0.15, 0.2) is 0 Å². The van der Waals surface area contributed by atoms with E-state index in [-0.39, 0.29) is 0 Å². The molecule has 1 aromatic carbocycles. The number of nitrogens with zero attached hydrogens (tertiary/aromatic N) is 4. The van der Waals surface area contributed by atoms with E-state index in [4.69, 9.17) is 0 Å². The van der Waals surface area contributed by atoms with Gasteiger partial charge in [0.2, 0.25) is 6.35 Å². The molecule has 4 heterocycles. The fourth-order valence-corrected chi connectivity index (χ4v) is 4.56. The van der Waals surface area contributed by atoms with Crippen molar-refractivity contribution in [2.24, 2.45) is 5.92 Å². The predicted octanol–water partition coefficient (Wildman–Crippen LogP) is 3.45. The van der Waals surface area contributed by atoms with Crippen LogP contribution >= 0.6 is 0 Å². The Bertz CT molecular complexity index is 1300. The Morgan fingerprint density at radius 1 is 1.21 bits per heavy atom. The number of aliphatic hydroxyl groups is 1. The Morgan fingerprint density at radius 3 is 2.79 bits per heavy atom. The van der Waals surface area contributed by atoms with Gasteiger partial charge in [-0.1, -0.05) is 0 Å². The number of aromatic amines is 1. The third kappa shape index (κ3) is 3.97. The van der Waals surface area contributed by atoms with Gasteiger partial charge in [0.05, 0.1) is 17.6 Å². The number of rotatable bonds is 8. The van der Waals surface area contributed by atoms with E-state index in [1.165, 1.54) is 12.4 Å². The normalized spacial score (nSPS) is 16.9. The van der Waals surface area contributed by atoms with Crippen LogP contribution in [0.4, 0.5) is 15.8 Å². The molecule has 6 rings (SSSR count). The van der Waals surface area contributed by atoms with E-state index in [1.807, 2.05) is 23.2 Å². The zero-order chi connectivity index (χ0) is 23.1. The van der Waals surface area contributed by atoms with E-state index in [2.05, 4.69) is 30.6 Å². The highest BCUT2D eigenvalue weighted by molar-refractivity contribution is 5.94. The molecule has 1 atom stereocenters. The molecule has 0 amide bonds. The molecule has 3 aromatic heterocycles. The maximum absolute atomic E-state index is 15.3. The SMILES string of the molecule is OC(Nc1ccc(-c2ncnc3[nH]cc(C4CC4)c23)c(F)c1)N(CC1CNC1)c1cccnc1. The van der Waals surface area contributed by atoms with Crippen LogP contribution in [0.15, 0.2) is 55.2 Å². The smallest absolute Gasteiger partial charge is 0.205 e. The molecule has 4 aromatic rings. The standard InChI is InChI=1S/C25H26FN7O/c26-21-8-17(32-25(34)33(13-15-9-28-10-15)18-2-1-7-27-11-18)5-6-19(21)23-22-20(16-3-4-16)12-29-24(22)31-14-30-23/h1-2,5-8,11-12,14-16,25,28,32,34H,3-4,9-10,13H2,(H,29,30,31). The molecule has 0 radical (unpaired) electrons. The van der Waals surface area contributed by atoms with Crippen LogP contribution in [0, 0.1) is 11.7 Å². The Kier molecular flexibility index (Phi) is 5.35. The van der Waals surface area contributed by atoms with Gasteiger partial charge in [-0.3, -0.25) is 4.98 Å². The van der Waals surface area contributed by atoms with Crippen molar-refractivity contribution >= 4 is 22.4 Å². The van der Waals surface area contributed by atoms with E-state index >= 15 is 4.39 Å². The molecule has 9 heteroatoms. The number of hydrogen-bond donors (Lipinski definition) is 4. The molecule has 2 fully saturated rings. The minimum Gasteiger partial charge on any atom is -0.356 e. The molecule has 34 heavy (non-hydrogen) atoms. The van der Waals surface area contributed by atoms with Crippen molar-refractivity contribution in [3.63, 3.8) is 0 Å². The van der Waals surface area contributed by atoms with Crippen LogP contribution in [0.25, 0.3) is 22.3 Å². The van der Waals surface area contributed by atoms with E-state index in [0.717, 1.165) is 48.2 Å². The second kappa shape index (κ2) is 8.66. The number of H-pyrrole nitrogens is 1. The van der Waals surface area contributed by atoms with E-state index in [1.54, 1.807) is 24.5 Å². The van der Waals surface area contributed by atoms with Gasteiger partial charge in [-0.2, -0.15) is 0 Å². The fraction of sp³-hybridized carbons (Fsp3) is 0.320. The van der Waals surface area contributed by atoms with Gasteiger partial charge in [-0.05, 0) is 54.7 Å². The lowest BCUT2D eigenvalue weighted by Gasteiger charge is -2.37. The summed E-state index contributed by atoms with van der Waals surface area (Å²) in [7, 11) is 0. The van der Waals surface area contributed by atoms with Gasteiger partial charge in [-0.25, -0.2) is 14.4 Å². The summed E-state index contributed by atoms with van der Waals surface area (Å²) >= 11 is 0. The lowest BCUT2D eigenvalue weighted by atomic mass is 10.0. The first-order valence-corrected chi connectivity index (χ1v) is 11.6. The van der Waals surface area contributed by atoms with Crippen LogP contribution in [0.2, 0.25) is 0 Å². The number of fused-ring (bicyclic) bond motifs is 1. The quantitative estimate of drug-likeness (QED) is 0.299. The number of aliphatic hydroxyl groups excluding tert-OH is 1. The number of nitrogens with one attached hydrogen (secondary N) is 3. The van der Waals surface area contributed by atoms with Gasteiger partial charge >= 0.3 is 0 Å². The molecule has 1 unspecified atom stereocenters. The molecule has 174 valence electrons. The first-order chi connectivity index (χ1) is 16.7. The number of halogens is 1. The van der Waals surface area contributed by atoms with Gasteiger partial charge in [0.25, 0.3) is 0 Å². The molecular weight excluding hydrogens is 433 g/mol. The minimum atomic E-state index is -1.04. The zero-order valence-electron chi connectivity index (χ0n) is 18.6. The first kappa shape index (κ1) is 21.0. The third-order valence-corrected chi connectivity index (χ3v) is 6.63. The van der Waals surface area contributed by atoms with Crippen molar-refractivity contribution in [3.05, 3.63) is 66.6 Å². The van der Waals surface area contributed by atoms with Crippen LogP contribution in [-0.4, -0.2) is 51.0 Å². The predicted molar refractivity (Wildman–Crippen MR) is 129 cm³/mol. The van der Waals surface area contributed by atoms with Gasteiger partial charge < -0.3 is 25.6 Å². The Labute approximate surface area is 196 Å². The molecule has 0 bridgehead atoms. The van der Waals surface area contributed by atoms with E-state index < -0.39 is 12.2 Å². The molecule has 1 saturated heterocycles. The van der Waals surface area contributed by atoms with Crippen LogP contribution < -0.4 is 15.5 Å². The number of benzene rings is 1. The minimum absolute atomic E-state index is 0.406. The first-order valence-electron chi connectivity index (χ1n) is 11.6. The second-order valence-corrected chi connectivity index (χ2v) is 9.06. The molecule has 8 nitrogen and oxygen atoms in total. The number of hydrogen-bond acceptors (Lipinski definition) is 7. The fourth-order valence-electron chi connectivity index (χ4n) is 4.56. The molecular formula is C25H26FN7O. The van der Waals surface area contributed by atoms with E-state index in [0.29, 0.717) is 35.3 Å². The van der Waals surface area contributed by atoms with E-state index in [9.17, 15) is 5.11 Å². The largest absolute Gasteiger partial charge is 0.356 e. The average molecular weight is 460 g/mol. The monoisotopic (exact) mass is 459 g/mol. The summed E-state index contributed by atoms with van der Waals surface area (Å²) in [4.78, 5) is 18.0. The number of pyridine rings is 1. The van der Waals surface area contributed by atoms with Crippen LogP contribution in [0.1, 0.15) is 24.3 Å². The Balaban J connectivity index is 1.27. The van der Waals surface area contributed by atoms with Gasteiger partial charge in [-0.15, -0.1) is 0 Å². The highest BCUT2D eigenvalue weighted by Crippen LogP contribution is 2.45. The summed E-state index contributed by atoms with van der Waals surface area (Å²) in [6.07, 6.45) is 8.08. The summed E-state index contributed by atoms with van der Waals surface area (Å²) in [5.41, 5.74) is 4.17. The molecule has 0 spiro atoms. The highest BCUT2D eigenvalue weighted by Gasteiger charge is 2.29. The third-order valence-electron chi connectivity index (χ3n) is 6.63. The highest BCUT2D eigenvalue weighted by atomic mass is 19.1. The average Bonchev–Trinajstić information content (AvgIpc) is 3.57. The van der Waals surface area contributed by atoms with Crippen molar-refractivity contribution in [1.82, 2.24) is 25.3 Å². The Hall–Kier alpha value is -3.56. The van der Waals surface area contributed by atoms with Crippen molar-refractivity contribution in [2.75, 3.05) is 29.9 Å². The summed E-state index contributed by atoms with van der Waals surface area (Å²) in [6.45, 7) is 2.47. The maximum Gasteiger partial charge on any atom is 0.205 e. The van der Waals surface area contributed by atoms with Gasteiger partial charge in [0, 0.05) is 54.6 Å². The molecule has 1 aliphatic heterocycles. The maximum atomic E-state index is 15.3. The lowest BCUT2D eigenvalue weighted by molar-refractivity contribution is 0.184. The summed E-state index contributed by atoms with van der Waals surface area (Å²) < 4.78 is 15.3. The molecule has 1 aliphatic carbocycles. The van der Waals surface area contributed by atoms with Crippen LogP contribution in [-0.2, 0) is 0 Å². The van der Waals surface area contributed by atoms with Crippen molar-refractivity contribution < 1.29 is 9.50 Å². The molecule has 4 N–H and O–H groups in total. The van der Waals surface area contributed by atoms with Crippen molar-refractivity contribution in [2.45, 2.75) is 25.1 Å². The molecule has 2 aliphatic rings. The summed E-state index contributed by atoms with van der Waals surface area (Å²) in [5.74, 6) is 0.510. The Morgan fingerprint density at radius 2 is 2.09 bits per heavy atom. The van der Waals surface area contributed by atoms with Gasteiger partial charge in [0.1, 0.15) is 17.8 Å². The zero-order valence-corrected chi connectivity index (χ0v) is 18.6. The number of aromatic nitrogens is 4. The summed E-state index contributed by atoms with van der Waals surface area (Å²) in [6, 6.07) is 8.62. The topological polar surface area (TPSA) is 102 Å². The van der Waals surface area contributed by atoms with Crippen LogP contribution in [0.5, 0.6) is 0 Å². The number of anilines is 2. The molecule has 1 saturated carbocycles. The second-order valence-electron chi connectivity index (χ2n) is 9.06. The van der Waals surface area contributed by atoms with Crippen LogP contribution in [0.3, 0.4) is 0 Å².